The van der Waals surface area contributed by atoms with E-state index in [9.17, 15) is 31.9 Å². The molecule has 1 amide bonds. The Morgan fingerprint density at radius 2 is 1.47 bits per heavy atom. The van der Waals surface area contributed by atoms with Crippen LogP contribution >= 0.6 is 43.2 Å². The number of benzene rings is 2. The fourth-order valence-corrected chi connectivity index (χ4v) is 6.34. The van der Waals surface area contributed by atoms with Gasteiger partial charge in [-0.05, 0) is 80.9 Å². The number of halogens is 6. The molecular weight excluding hydrogens is 798 g/mol. The van der Waals surface area contributed by atoms with Crippen molar-refractivity contribution in [3.8, 4) is 16.5 Å². The van der Waals surface area contributed by atoms with E-state index in [-0.39, 0.29) is 55.9 Å². The number of carbonyl (C=O) groups excluding carboxylic acids is 1. The van der Waals surface area contributed by atoms with E-state index >= 15 is 0 Å². The van der Waals surface area contributed by atoms with Crippen LogP contribution in [0.15, 0.2) is 85.1 Å². The monoisotopic (exact) mass is 822 g/mol. The van der Waals surface area contributed by atoms with Gasteiger partial charge < -0.3 is 19.8 Å². The third kappa shape index (κ3) is 8.77. The van der Waals surface area contributed by atoms with Crippen molar-refractivity contribution in [2.75, 3.05) is 0 Å². The molecule has 3 aromatic heterocycles. The molecule has 1 radical (unpaired) electrons. The molecule has 255 valence electrons. The summed E-state index contributed by atoms with van der Waals surface area (Å²) in [5.41, 5.74) is 6.50. The van der Waals surface area contributed by atoms with Gasteiger partial charge >= 0.3 is 0 Å². The number of allylic oxidation sites excluding steroid dienone is 1. The van der Waals surface area contributed by atoms with Crippen LogP contribution < -0.4 is 26.3 Å². The number of pyridine rings is 2. The molecule has 0 aliphatic rings. The summed E-state index contributed by atoms with van der Waals surface area (Å²) in [5.74, 6) is -2.95. The summed E-state index contributed by atoms with van der Waals surface area (Å²) in [6.07, 6.45) is 4.30. The van der Waals surface area contributed by atoms with Crippen LogP contribution in [0, 0.1) is 43.3 Å². The van der Waals surface area contributed by atoms with E-state index < -0.39 is 34.7 Å². The molecule has 0 atom stereocenters. The summed E-state index contributed by atoms with van der Waals surface area (Å²) in [4.78, 5) is 36.6. The number of aromatic nitrogens is 2. The van der Waals surface area contributed by atoms with Gasteiger partial charge in [0, 0.05) is 47.6 Å². The van der Waals surface area contributed by atoms with E-state index in [4.69, 9.17) is 15.2 Å². The van der Waals surface area contributed by atoms with Crippen molar-refractivity contribution in [3.63, 3.8) is 0 Å². The smallest absolute Gasteiger partial charge is 0.274 e. The number of ether oxygens (including phenoxy) is 2. The normalized spacial score (nSPS) is 10.7. The van der Waals surface area contributed by atoms with Gasteiger partial charge in [0.05, 0.1) is 11.8 Å². The Morgan fingerprint density at radius 1 is 0.918 bits per heavy atom. The molecule has 0 saturated heterocycles. The van der Waals surface area contributed by atoms with Crippen LogP contribution in [0.5, 0.6) is 11.5 Å². The number of amides is 1. The first-order valence-electron chi connectivity index (χ1n) is 14.1. The summed E-state index contributed by atoms with van der Waals surface area (Å²) in [5, 5.41) is 2.17. The van der Waals surface area contributed by atoms with Crippen LogP contribution in [0.4, 0.5) is 17.6 Å². The summed E-state index contributed by atoms with van der Waals surface area (Å²) >= 11 is 7.58. The minimum atomic E-state index is -0.735. The molecule has 0 aliphatic heterocycles. The largest absolute Gasteiger partial charge is 0.487 e. The summed E-state index contributed by atoms with van der Waals surface area (Å²) < 4.78 is 67.0. The zero-order chi connectivity index (χ0) is 36.0. The Morgan fingerprint density at radius 3 is 2.00 bits per heavy atom. The van der Waals surface area contributed by atoms with E-state index in [1.165, 1.54) is 38.7 Å². The van der Waals surface area contributed by atoms with Gasteiger partial charge in [0.25, 0.3) is 17.0 Å². The van der Waals surface area contributed by atoms with Crippen LogP contribution in [-0.4, -0.2) is 15.0 Å². The second kappa shape index (κ2) is 16.3. The van der Waals surface area contributed by atoms with Gasteiger partial charge in [-0.1, -0.05) is 6.08 Å². The summed E-state index contributed by atoms with van der Waals surface area (Å²) in [7, 11) is 0. The lowest BCUT2D eigenvalue weighted by molar-refractivity contribution is 0.1000. The number of hydrogen-bond acceptors (Lipinski definition) is 6. The lowest BCUT2D eigenvalue weighted by atomic mass is 10.2. The highest BCUT2D eigenvalue weighted by molar-refractivity contribution is 9.10. The minimum Gasteiger partial charge on any atom is -0.487 e. The fraction of sp³-hybridized carbons (Fsp3) is 0.147. The van der Waals surface area contributed by atoms with Crippen LogP contribution in [0.2, 0.25) is 0 Å². The van der Waals surface area contributed by atoms with Crippen LogP contribution in [0.25, 0.3) is 5.00 Å². The van der Waals surface area contributed by atoms with E-state index in [1.54, 1.807) is 31.4 Å². The van der Waals surface area contributed by atoms with Crippen molar-refractivity contribution >= 4 is 49.1 Å². The van der Waals surface area contributed by atoms with E-state index in [0.717, 1.165) is 24.3 Å². The predicted molar refractivity (Wildman–Crippen MR) is 184 cm³/mol. The maximum atomic E-state index is 13.8. The van der Waals surface area contributed by atoms with Gasteiger partial charge in [-0.2, -0.15) is 0 Å². The Kier molecular flexibility index (Phi) is 12.4. The first-order valence-corrected chi connectivity index (χ1v) is 16.6. The topological polar surface area (TPSA) is 106 Å². The average molecular weight is 824 g/mol. The van der Waals surface area contributed by atoms with Gasteiger partial charge in [-0.25, -0.2) is 17.6 Å². The molecule has 5 aromatic rings. The highest BCUT2D eigenvalue weighted by Crippen LogP contribution is 2.30. The van der Waals surface area contributed by atoms with E-state index in [2.05, 4.69) is 44.6 Å². The number of hydrogen-bond donors (Lipinski definition) is 1. The lowest BCUT2D eigenvalue weighted by Gasteiger charge is -2.14. The SMILES string of the molecule is C=CCn1[c]cc(OCc2ccc(F)cc2F)c(Br)c1=O.Cc1csc(-n2c(C)cc(OCc3ccc(F)cc3F)c(Br)c2=O)c1C(N)=O. The fourth-order valence-electron chi connectivity index (χ4n) is 4.37. The average Bonchev–Trinajstić information content (AvgIpc) is 3.43. The number of nitrogens with zero attached hydrogens (tertiary/aromatic N) is 2. The number of primary amides is 1. The molecular formula is C34H26Br2F4N3O5S. The van der Waals surface area contributed by atoms with Gasteiger partial charge in [0.1, 0.15) is 61.9 Å². The Balaban J connectivity index is 0.000000230. The molecule has 0 unspecified atom stereocenters. The molecule has 0 fully saturated rings. The van der Waals surface area contributed by atoms with Crippen LogP contribution in [-0.2, 0) is 19.8 Å². The molecule has 2 aromatic carbocycles. The number of carbonyl (C=O) groups is 1. The molecule has 3 heterocycles. The minimum absolute atomic E-state index is 0.113. The van der Waals surface area contributed by atoms with Gasteiger partial charge in [0.2, 0.25) is 0 Å². The number of rotatable bonds is 10. The molecule has 8 nitrogen and oxygen atoms in total. The van der Waals surface area contributed by atoms with Crippen molar-refractivity contribution < 1.29 is 31.8 Å². The standard InChI is InChI=1S/C19H15BrF2N2O3S.C15H11BrF2NO2/c1-9-8-28-19(15(9)17(23)25)24-10(2)5-14(16(20)18(24)26)27-7-11-3-4-12(21)6-13(11)22;1-2-6-19-7-5-13(14(16)15(19)20)21-9-10-3-4-11(17)8-12(10)18/h3-6,8H,7H2,1-2H3,(H2,23,25);2-5,8H,1,6,9H2. The molecule has 0 spiro atoms. The van der Waals surface area contributed by atoms with Crippen molar-refractivity contribution in [2.45, 2.75) is 33.6 Å². The highest BCUT2D eigenvalue weighted by Gasteiger charge is 2.21. The third-order valence-electron chi connectivity index (χ3n) is 6.81. The van der Waals surface area contributed by atoms with Gasteiger partial charge in [-0.3, -0.25) is 19.0 Å². The summed E-state index contributed by atoms with van der Waals surface area (Å²) in [6.45, 7) is 6.98. The second-order valence-electron chi connectivity index (χ2n) is 10.3. The Hall–Kier alpha value is -4.47. The summed E-state index contributed by atoms with van der Waals surface area (Å²) in [6, 6.07) is 9.45. The van der Waals surface area contributed by atoms with Gasteiger partial charge in [-0.15, -0.1) is 17.9 Å². The Labute approximate surface area is 298 Å². The molecule has 0 bridgehead atoms. The maximum absolute atomic E-state index is 13.8. The first kappa shape index (κ1) is 37.4. The first-order chi connectivity index (χ1) is 23.2. The van der Waals surface area contributed by atoms with Crippen LogP contribution in [0.3, 0.4) is 0 Å². The molecule has 0 saturated carbocycles. The molecule has 2 N–H and O–H groups in total. The van der Waals surface area contributed by atoms with Gasteiger partial charge in [0.15, 0.2) is 0 Å². The number of nitrogens with two attached hydrogens (primary N) is 1. The lowest BCUT2D eigenvalue weighted by Crippen LogP contribution is -2.24. The number of thiophene rings is 1. The predicted octanol–water partition coefficient (Wildman–Crippen LogP) is 7.69. The Bertz CT molecular complexity index is 2170. The highest BCUT2D eigenvalue weighted by atomic mass is 79.9. The molecule has 5 rings (SSSR count). The second-order valence-corrected chi connectivity index (χ2v) is 12.7. The van der Waals surface area contributed by atoms with Crippen molar-refractivity contribution in [1.82, 2.24) is 9.13 Å². The maximum Gasteiger partial charge on any atom is 0.274 e. The quantitative estimate of drug-likeness (QED) is 0.115. The van der Waals surface area contributed by atoms with E-state index in [0.29, 0.717) is 22.8 Å². The number of aryl methyl sites for hydroxylation is 2. The third-order valence-corrected chi connectivity index (χ3v) is 9.36. The van der Waals surface area contributed by atoms with Crippen molar-refractivity contribution in [3.05, 3.63) is 154 Å². The molecule has 0 aliphatic carbocycles. The molecule has 15 heteroatoms. The molecule has 49 heavy (non-hydrogen) atoms. The zero-order valence-electron chi connectivity index (χ0n) is 25.8. The van der Waals surface area contributed by atoms with Crippen molar-refractivity contribution in [1.29, 1.82) is 0 Å². The van der Waals surface area contributed by atoms with Crippen molar-refractivity contribution in [2.24, 2.45) is 5.73 Å². The van der Waals surface area contributed by atoms with E-state index in [1.807, 2.05) is 0 Å². The van der Waals surface area contributed by atoms with Crippen LogP contribution in [0.1, 0.15) is 32.7 Å². The zero-order valence-corrected chi connectivity index (χ0v) is 29.8.